The number of hydrogen-bond donors (Lipinski definition) is 1. The summed E-state index contributed by atoms with van der Waals surface area (Å²) in [6.07, 6.45) is 12.5. The Kier molecular flexibility index (Phi) is 3.28. The van der Waals surface area contributed by atoms with E-state index >= 15 is 0 Å². The first-order valence-corrected chi connectivity index (χ1v) is 9.65. The molecule has 0 spiro atoms. The number of amides is 1. The Morgan fingerprint density at radius 2 is 1.81 bits per heavy atom. The van der Waals surface area contributed by atoms with Crippen molar-refractivity contribution < 1.29 is 9.53 Å². The van der Waals surface area contributed by atoms with Crippen LogP contribution in [0, 0.1) is 0 Å². The van der Waals surface area contributed by atoms with E-state index in [1.807, 2.05) is 39.4 Å². The van der Waals surface area contributed by atoms with Gasteiger partial charge in [0.2, 0.25) is 0 Å². The summed E-state index contributed by atoms with van der Waals surface area (Å²) in [7, 11) is 0. The van der Waals surface area contributed by atoms with Crippen LogP contribution in [-0.4, -0.2) is 37.0 Å². The minimum absolute atomic E-state index is 0.0298. The lowest BCUT2D eigenvalue weighted by atomic mass is 9.44. The summed E-state index contributed by atoms with van der Waals surface area (Å²) in [5.41, 5.74) is 1.47. The molecule has 2 aromatic rings. The molecule has 4 fully saturated rings. The highest BCUT2D eigenvalue weighted by Crippen LogP contribution is 2.65. The molecule has 0 atom stereocenters. The molecule has 4 aliphatic rings. The highest BCUT2D eigenvalue weighted by molar-refractivity contribution is 5.70. The molecule has 6 rings (SSSR count). The fourth-order valence-corrected chi connectivity index (χ4v) is 4.40. The number of rotatable bonds is 4. The minimum Gasteiger partial charge on any atom is -0.444 e. The van der Waals surface area contributed by atoms with E-state index in [-0.39, 0.29) is 17.2 Å². The quantitative estimate of drug-likeness (QED) is 0.896. The van der Waals surface area contributed by atoms with E-state index in [1.54, 1.807) is 0 Å². The molecular formula is C20H25N5O2. The fraction of sp³-hybridized carbons (Fsp3) is 0.600. The van der Waals surface area contributed by atoms with E-state index in [0.717, 1.165) is 36.2 Å². The second-order valence-electron chi connectivity index (χ2n) is 9.44. The number of carbonyl (C=O) groups is 1. The van der Waals surface area contributed by atoms with Gasteiger partial charge in [0, 0.05) is 35.6 Å². The summed E-state index contributed by atoms with van der Waals surface area (Å²) in [6.45, 7) is 5.63. The van der Waals surface area contributed by atoms with Gasteiger partial charge in [0.15, 0.2) is 0 Å². The highest BCUT2D eigenvalue weighted by Gasteiger charge is 2.70. The van der Waals surface area contributed by atoms with E-state index in [4.69, 9.17) is 4.74 Å². The lowest BCUT2D eigenvalue weighted by molar-refractivity contribution is -0.143. The lowest BCUT2D eigenvalue weighted by Crippen LogP contribution is -2.79. The predicted molar refractivity (Wildman–Crippen MR) is 99.2 cm³/mol. The summed E-state index contributed by atoms with van der Waals surface area (Å²) >= 11 is 0. The molecule has 142 valence electrons. The number of nitrogens with one attached hydrogen (secondary N) is 1. The summed E-state index contributed by atoms with van der Waals surface area (Å²) in [4.78, 5) is 21.0. The van der Waals surface area contributed by atoms with Gasteiger partial charge in [0.05, 0.1) is 17.3 Å². The molecule has 2 bridgehead atoms. The normalized spacial score (nSPS) is 28.9. The maximum absolute atomic E-state index is 12.0. The minimum atomic E-state index is -0.473. The summed E-state index contributed by atoms with van der Waals surface area (Å²) in [5, 5.41) is 7.63. The van der Waals surface area contributed by atoms with Gasteiger partial charge in [0.25, 0.3) is 0 Å². The van der Waals surface area contributed by atoms with Crippen LogP contribution in [0.1, 0.15) is 64.6 Å². The van der Waals surface area contributed by atoms with Gasteiger partial charge >= 0.3 is 6.09 Å². The standard InChI is InChI=1S/C20H25N5O2/c1-18(2,3)27-17(26)24-19-10-20(11-19,12-19)25-9-15(8-23-25)14-6-21-16(22-7-14)13-4-5-13/h6-9,13H,4-5,10-12H2,1-3H3,(H,24,26). The van der Waals surface area contributed by atoms with Gasteiger partial charge < -0.3 is 10.1 Å². The molecule has 1 N–H and O–H groups in total. The van der Waals surface area contributed by atoms with E-state index in [0.29, 0.717) is 5.92 Å². The van der Waals surface area contributed by atoms with Crippen molar-refractivity contribution in [2.24, 2.45) is 0 Å². The second kappa shape index (κ2) is 5.30. The Hall–Kier alpha value is -2.44. The van der Waals surface area contributed by atoms with Gasteiger partial charge in [-0.25, -0.2) is 14.8 Å². The number of ether oxygens (including phenoxy) is 1. The van der Waals surface area contributed by atoms with Crippen molar-refractivity contribution in [1.82, 2.24) is 25.1 Å². The molecule has 1 amide bonds. The number of hydrogen-bond acceptors (Lipinski definition) is 5. The Morgan fingerprint density at radius 3 is 2.41 bits per heavy atom. The van der Waals surface area contributed by atoms with Crippen LogP contribution >= 0.6 is 0 Å². The summed E-state index contributed by atoms with van der Waals surface area (Å²) in [5.74, 6) is 1.52. The molecule has 2 aromatic heterocycles. The largest absolute Gasteiger partial charge is 0.444 e. The highest BCUT2D eigenvalue weighted by atomic mass is 16.6. The first kappa shape index (κ1) is 16.7. The zero-order valence-electron chi connectivity index (χ0n) is 16.0. The second-order valence-corrected chi connectivity index (χ2v) is 9.44. The van der Waals surface area contributed by atoms with Crippen LogP contribution in [0.5, 0.6) is 0 Å². The molecule has 0 unspecified atom stereocenters. The first-order chi connectivity index (χ1) is 12.8. The lowest BCUT2D eigenvalue weighted by Gasteiger charge is -2.69. The fourth-order valence-electron chi connectivity index (χ4n) is 4.40. The molecule has 0 saturated heterocycles. The third-order valence-electron chi connectivity index (χ3n) is 5.78. The van der Waals surface area contributed by atoms with Gasteiger partial charge in [-0.05, 0) is 52.9 Å². The van der Waals surface area contributed by atoms with Crippen LogP contribution in [0.25, 0.3) is 11.1 Å². The van der Waals surface area contributed by atoms with Crippen molar-refractivity contribution in [3.05, 3.63) is 30.6 Å². The van der Waals surface area contributed by atoms with Crippen LogP contribution in [0.4, 0.5) is 4.79 Å². The number of aromatic nitrogens is 4. The zero-order chi connectivity index (χ0) is 18.9. The number of alkyl carbamates (subject to hydrolysis) is 1. The summed E-state index contributed by atoms with van der Waals surface area (Å²) < 4.78 is 7.43. The average Bonchev–Trinajstić information content (AvgIpc) is 3.26. The molecule has 7 nitrogen and oxygen atoms in total. The maximum atomic E-state index is 12.0. The van der Waals surface area contributed by atoms with E-state index in [9.17, 15) is 4.79 Å². The van der Waals surface area contributed by atoms with Crippen LogP contribution in [0.2, 0.25) is 0 Å². The van der Waals surface area contributed by atoms with Crippen LogP contribution in [0.3, 0.4) is 0 Å². The van der Waals surface area contributed by atoms with Crippen molar-refractivity contribution in [3.8, 4) is 11.1 Å². The van der Waals surface area contributed by atoms with Crippen molar-refractivity contribution in [1.29, 1.82) is 0 Å². The molecule has 7 heteroatoms. The molecule has 0 aromatic carbocycles. The SMILES string of the molecule is CC(C)(C)OC(=O)NC12CC(n3cc(-c4cnc(C5CC5)nc4)cn3)(C1)C2. The van der Waals surface area contributed by atoms with Gasteiger partial charge in [-0.15, -0.1) is 0 Å². The van der Waals surface area contributed by atoms with Crippen molar-refractivity contribution >= 4 is 6.09 Å². The summed E-state index contributed by atoms with van der Waals surface area (Å²) in [6, 6.07) is 0. The molecular weight excluding hydrogens is 342 g/mol. The van der Waals surface area contributed by atoms with E-state index < -0.39 is 5.60 Å². The van der Waals surface area contributed by atoms with Crippen LogP contribution in [0.15, 0.2) is 24.8 Å². The van der Waals surface area contributed by atoms with Crippen molar-refractivity contribution in [2.75, 3.05) is 0 Å². The molecule has 4 aliphatic carbocycles. The topological polar surface area (TPSA) is 81.9 Å². The van der Waals surface area contributed by atoms with Gasteiger partial charge in [-0.2, -0.15) is 5.10 Å². The van der Waals surface area contributed by atoms with Crippen LogP contribution < -0.4 is 5.32 Å². The Morgan fingerprint density at radius 1 is 1.15 bits per heavy atom. The van der Waals surface area contributed by atoms with Gasteiger partial charge in [-0.1, -0.05) is 0 Å². The third-order valence-corrected chi connectivity index (χ3v) is 5.78. The van der Waals surface area contributed by atoms with Gasteiger partial charge in [-0.3, -0.25) is 4.68 Å². The van der Waals surface area contributed by atoms with Gasteiger partial charge in [0.1, 0.15) is 11.4 Å². The predicted octanol–water partition coefficient (Wildman–Crippen LogP) is 3.37. The maximum Gasteiger partial charge on any atom is 0.408 e. The molecule has 4 saturated carbocycles. The Balaban J connectivity index is 1.23. The molecule has 0 radical (unpaired) electrons. The first-order valence-electron chi connectivity index (χ1n) is 9.65. The third kappa shape index (κ3) is 2.89. The van der Waals surface area contributed by atoms with Crippen LogP contribution in [-0.2, 0) is 10.3 Å². The zero-order valence-corrected chi connectivity index (χ0v) is 16.0. The number of nitrogens with zero attached hydrogens (tertiary/aromatic N) is 4. The van der Waals surface area contributed by atoms with E-state index in [2.05, 4.69) is 31.3 Å². The van der Waals surface area contributed by atoms with Crippen molar-refractivity contribution in [3.63, 3.8) is 0 Å². The Bertz CT molecular complexity index is 872. The Labute approximate surface area is 158 Å². The smallest absolute Gasteiger partial charge is 0.408 e. The molecule has 27 heavy (non-hydrogen) atoms. The average molecular weight is 367 g/mol. The number of carbonyl (C=O) groups excluding carboxylic acids is 1. The molecule has 2 heterocycles. The molecule has 0 aliphatic heterocycles. The van der Waals surface area contributed by atoms with Crippen molar-refractivity contribution in [2.45, 2.75) is 75.5 Å². The monoisotopic (exact) mass is 367 g/mol. The van der Waals surface area contributed by atoms with E-state index in [1.165, 1.54) is 12.8 Å².